The third-order valence-corrected chi connectivity index (χ3v) is 3.77. The van der Waals surface area contributed by atoms with Crippen molar-refractivity contribution in [1.82, 2.24) is 4.90 Å². The average molecular weight is 211 g/mol. The van der Waals surface area contributed by atoms with Gasteiger partial charge in [0.1, 0.15) is 5.78 Å². The Morgan fingerprint density at radius 1 is 1.33 bits per heavy atom. The van der Waals surface area contributed by atoms with Gasteiger partial charge in [0.05, 0.1) is 0 Å². The van der Waals surface area contributed by atoms with E-state index in [1.165, 1.54) is 25.8 Å². The molecule has 3 nitrogen and oxygen atoms in total. The molecule has 1 saturated carbocycles. The Bertz CT molecular complexity index is 226. The standard InChI is InChI=1S/C12H21NO2/c1-15-9-6-12(4-5-12)10-13-7-2-11(14)3-8-13/h2-10H2,1H3. The number of hydrogen-bond acceptors (Lipinski definition) is 3. The van der Waals surface area contributed by atoms with Gasteiger partial charge in [-0.05, 0) is 24.7 Å². The SMILES string of the molecule is COCCC1(CN2CCC(=O)CC2)CC1. The maximum absolute atomic E-state index is 11.1. The van der Waals surface area contributed by atoms with Crippen molar-refractivity contribution in [2.24, 2.45) is 5.41 Å². The van der Waals surface area contributed by atoms with Crippen molar-refractivity contribution in [3.05, 3.63) is 0 Å². The van der Waals surface area contributed by atoms with Crippen LogP contribution in [0.4, 0.5) is 0 Å². The zero-order valence-corrected chi connectivity index (χ0v) is 9.63. The molecule has 0 amide bonds. The molecular formula is C12H21NO2. The van der Waals surface area contributed by atoms with E-state index in [2.05, 4.69) is 4.90 Å². The van der Waals surface area contributed by atoms with Crippen LogP contribution in [0.25, 0.3) is 0 Å². The summed E-state index contributed by atoms with van der Waals surface area (Å²) >= 11 is 0. The second-order valence-electron chi connectivity index (χ2n) is 5.06. The van der Waals surface area contributed by atoms with Crippen molar-refractivity contribution < 1.29 is 9.53 Å². The van der Waals surface area contributed by atoms with E-state index in [9.17, 15) is 4.79 Å². The lowest BCUT2D eigenvalue weighted by Crippen LogP contribution is -2.38. The van der Waals surface area contributed by atoms with Crippen LogP contribution in [0.5, 0.6) is 0 Å². The largest absolute Gasteiger partial charge is 0.385 e. The molecule has 0 radical (unpaired) electrons. The summed E-state index contributed by atoms with van der Waals surface area (Å²) in [5, 5.41) is 0. The molecule has 3 heteroatoms. The second-order valence-corrected chi connectivity index (χ2v) is 5.06. The predicted octanol–water partition coefficient (Wildman–Crippen LogP) is 1.47. The lowest BCUT2D eigenvalue weighted by atomic mass is 10.0. The van der Waals surface area contributed by atoms with Crippen LogP contribution in [0.1, 0.15) is 32.1 Å². The number of carbonyl (C=O) groups excluding carboxylic acids is 1. The Morgan fingerprint density at radius 2 is 2.00 bits per heavy atom. The number of likely N-dealkylation sites (tertiary alicyclic amines) is 1. The fraction of sp³-hybridized carbons (Fsp3) is 0.917. The summed E-state index contributed by atoms with van der Waals surface area (Å²) in [6.45, 7) is 4.03. The molecule has 1 heterocycles. The molecule has 0 atom stereocenters. The minimum Gasteiger partial charge on any atom is -0.385 e. The van der Waals surface area contributed by atoms with Gasteiger partial charge in [-0.3, -0.25) is 4.79 Å². The molecule has 0 N–H and O–H groups in total. The molecule has 0 spiro atoms. The summed E-state index contributed by atoms with van der Waals surface area (Å²) in [5.41, 5.74) is 0.538. The number of Topliss-reactive ketones (excluding diaryl/α,β-unsaturated/α-hetero) is 1. The maximum Gasteiger partial charge on any atom is 0.135 e. The highest BCUT2D eigenvalue weighted by atomic mass is 16.5. The molecule has 0 aromatic rings. The fourth-order valence-electron chi connectivity index (χ4n) is 2.42. The van der Waals surface area contributed by atoms with Crippen molar-refractivity contribution in [1.29, 1.82) is 0 Å². The topological polar surface area (TPSA) is 29.5 Å². The third kappa shape index (κ3) is 3.02. The summed E-state index contributed by atoms with van der Waals surface area (Å²) in [6, 6.07) is 0. The van der Waals surface area contributed by atoms with Crippen LogP contribution in [-0.2, 0) is 9.53 Å². The average Bonchev–Trinajstić information content (AvgIpc) is 3.00. The lowest BCUT2D eigenvalue weighted by molar-refractivity contribution is -0.121. The van der Waals surface area contributed by atoms with Gasteiger partial charge in [-0.2, -0.15) is 0 Å². The number of piperidine rings is 1. The van der Waals surface area contributed by atoms with Gasteiger partial charge in [0, 0.05) is 46.2 Å². The van der Waals surface area contributed by atoms with E-state index in [0.29, 0.717) is 11.2 Å². The number of nitrogens with zero attached hydrogens (tertiary/aromatic N) is 1. The number of carbonyl (C=O) groups is 1. The molecule has 0 unspecified atom stereocenters. The van der Waals surface area contributed by atoms with Crippen LogP contribution in [0.2, 0.25) is 0 Å². The van der Waals surface area contributed by atoms with Gasteiger partial charge in [0.25, 0.3) is 0 Å². The lowest BCUT2D eigenvalue weighted by Gasteiger charge is -2.29. The summed E-state index contributed by atoms with van der Waals surface area (Å²) in [6.07, 6.45) is 5.41. The fourth-order valence-corrected chi connectivity index (χ4v) is 2.42. The van der Waals surface area contributed by atoms with E-state index in [1.807, 2.05) is 0 Å². The monoisotopic (exact) mass is 211 g/mol. The summed E-state index contributed by atoms with van der Waals surface area (Å²) in [7, 11) is 1.77. The van der Waals surface area contributed by atoms with Gasteiger partial charge in [-0.1, -0.05) is 0 Å². The van der Waals surface area contributed by atoms with E-state index in [4.69, 9.17) is 4.74 Å². The number of ether oxygens (including phenoxy) is 1. The molecule has 2 aliphatic rings. The number of methoxy groups -OCH3 is 1. The smallest absolute Gasteiger partial charge is 0.135 e. The van der Waals surface area contributed by atoms with Gasteiger partial charge in [-0.25, -0.2) is 0 Å². The molecule has 0 aromatic heterocycles. The van der Waals surface area contributed by atoms with Gasteiger partial charge in [-0.15, -0.1) is 0 Å². The highest BCUT2D eigenvalue weighted by Crippen LogP contribution is 2.49. The Kier molecular flexibility index (Phi) is 3.42. The number of ketones is 1. The van der Waals surface area contributed by atoms with E-state index in [0.717, 1.165) is 32.5 Å². The highest BCUT2D eigenvalue weighted by Gasteiger charge is 2.43. The van der Waals surface area contributed by atoms with Gasteiger partial charge >= 0.3 is 0 Å². The predicted molar refractivity (Wildman–Crippen MR) is 58.8 cm³/mol. The quantitative estimate of drug-likeness (QED) is 0.689. The van der Waals surface area contributed by atoms with Crippen LogP contribution in [0.3, 0.4) is 0 Å². The summed E-state index contributed by atoms with van der Waals surface area (Å²) < 4.78 is 5.15. The normalized spacial score (nSPS) is 25.5. The number of rotatable bonds is 5. The molecule has 1 saturated heterocycles. The first-order valence-electron chi connectivity index (χ1n) is 5.97. The molecule has 1 aliphatic carbocycles. The molecule has 0 bridgehead atoms. The molecule has 15 heavy (non-hydrogen) atoms. The van der Waals surface area contributed by atoms with Gasteiger partial charge in [0.15, 0.2) is 0 Å². The van der Waals surface area contributed by atoms with Crippen LogP contribution in [0.15, 0.2) is 0 Å². The van der Waals surface area contributed by atoms with Gasteiger partial charge in [0.2, 0.25) is 0 Å². The van der Waals surface area contributed by atoms with Gasteiger partial charge < -0.3 is 9.64 Å². The van der Waals surface area contributed by atoms with Crippen LogP contribution in [0, 0.1) is 5.41 Å². The van der Waals surface area contributed by atoms with E-state index < -0.39 is 0 Å². The molecule has 1 aliphatic heterocycles. The molecule has 86 valence electrons. The molecule has 0 aromatic carbocycles. The van der Waals surface area contributed by atoms with E-state index in [-0.39, 0.29) is 0 Å². The van der Waals surface area contributed by atoms with Crippen molar-refractivity contribution in [3.8, 4) is 0 Å². The molecule has 2 rings (SSSR count). The van der Waals surface area contributed by atoms with Crippen molar-refractivity contribution in [3.63, 3.8) is 0 Å². The first-order chi connectivity index (χ1) is 7.24. The van der Waals surface area contributed by atoms with E-state index >= 15 is 0 Å². The first-order valence-corrected chi connectivity index (χ1v) is 5.97. The van der Waals surface area contributed by atoms with Crippen molar-refractivity contribution in [2.75, 3.05) is 33.4 Å². The summed E-state index contributed by atoms with van der Waals surface area (Å²) in [4.78, 5) is 13.6. The Labute approximate surface area is 91.8 Å². The van der Waals surface area contributed by atoms with Crippen LogP contribution >= 0.6 is 0 Å². The minimum absolute atomic E-state index is 0.438. The maximum atomic E-state index is 11.1. The minimum atomic E-state index is 0.438. The Morgan fingerprint density at radius 3 is 2.53 bits per heavy atom. The zero-order chi connectivity index (χ0) is 10.7. The molecule has 2 fully saturated rings. The highest BCUT2D eigenvalue weighted by molar-refractivity contribution is 5.79. The van der Waals surface area contributed by atoms with Crippen LogP contribution < -0.4 is 0 Å². The first kappa shape index (κ1) is 11.1. The summed E-state index contributed by atoms with van der Waals surface area (Å²) in [5.74, 6) is 0.438. The number of hydrogen-bond donors (Lipinski definition) is 0. The Hall–Kier alpha value is -0.410. The third-order valence-electron chi connectivity index (χ3n) is 3.77. The van der Waals surface area contributed by atoms with Crippen molar-refractivity contribution in [2.45, 2.75) is 32.1 Å². The zero-order valence-electron chi connectivity index (χ0n) is 9.63. The van der Waals surface area contributed by atoms with E-state index in [1.54, 1.807) is 7.11 Å². The molecular weight excluding hydrogens is 190 g/mol. The van der Waals surface area contributed by atoms with Crippen LogP contribution in [-0.4, -0.2) is 44.0 Å². The Balaban J connectivity index is 1.74. The van der Waals surface area contributed by atoms with Crippen molar-refractivity contribution >= 4 is 5.78 Å². The second kappa shape index (κ2) is 4.62.